The van der Waals surface area contributed by atoms with Crippen LogP contribution in [-0.4, -0.2) is 29.5 Å². The molecule has 156 valence electrons. The molecule has 0 saturated carbocycles. The summed E-state index contributed by atoms with van der Waals surface area (Å²) in [5.74, 6) is -0.197. The molecule has 1 atom stereocenters. The van der Waals surface area contributed by atoms with Crippen molar-refractivity contribution in [3.8, 4) is 0 Å². The predicted molar refractivity (Wildman–Crippen MR) is 119 cm³/mol. The maximum atomic E-state index is 12.5. The number of nitrogens with one attached hydrogen (secondary N) is 2. The summed E-state index contributed by atoms with van der Waals surface area (Å²) in [6, 6.07) is 14.8. The van der Waals surface area contributed by atoms with Gasteiger partial charge in [-0.3, -0.25) is 4.79 Å². The number of rotatable bonds is 7. The third-order valence-corrected chi connectivity index (χ3v) is 6.66. The molecule has 3 rings (SSSR count). The van der Waals surface area contributed by atoms with E-state index in [0.29, 0.717) is 16.4 Å². The number of amides is 1. The molecule has 1 aromatic heterocycles. The van der Waals surface area contributed by atoms with Crippen LogP contribution in [0, 0.1) is 6.92 Å². The van der Waals surface area contributed by atoms with Gasteiger partial charge in [0, 0.05) is 27.5 Å². The lowest BCUT2D eigenvalue weighted by atomic mass is 10.3. The first kappa shape index (κ1) is 22.1. The monoisotopic (exact) mass is 462 g/mol. The van der Waals surface area contributed by atoms with Crippen LogP contribution in [0.5, 0.6) is 0 Å². The van der Waals surface area contributed by atoms with Crippen molar-refractivity contribution in [2.75, 3.05) is 10.0 Å². The second kappa shape index (κ2) is 9.46. The first-order chi connectivity index (χ1) is 14.2. The van der Waals surface area contributed by atoms with Crippen molar-refractivity contribution in [1.82, 2.24) is 9.97 Å². The van der Waals surface area contributed by atoms with Crippen molar-refractivity contribution < 1.29 is 13.2 Å². The predicted octanol–water partition coefficient (Wildman–Crippen LogP) is 4.36. The first-order valence-corrected chi connectivity index (χ1v) is 11.6. The second-order valence-electron chi connectivity index (χ2n) is 6.35. The topological polar surface area (TPSA) is 101 Å². The number of carbonyl (C=O) groups is 1. The van der Waals surface area contributed by atoms with Gasteiger partial charge in [0.2, 0.25) is 11.9 Å². The van der Waals surface area contributed by atoms with Gasteiger partial charge in [-0.1, -0.05) is 11.6 Å². The minimum absolute atomic E-state index is 0.000397. The Bertz CT molecular complexity index is 1140. The van der Waals surface area contributed by atoms with E-state index in [4.69, 9.17) is 11.6 Å². The van der Waals surface area contributed by atoms with Crippen molar-refractivity contribution in [1.29, 1.82) is 0 Å². The van der Waals surface area contributed by atoms with E-state index in [-0.39, 0.29) is 22.0 Å². The lowest BCUT2D eigenvalue weighted by molar-refractivity contribution is -0.115. The van der Waals surface area contributed by atoms with Crippen molar-refractivity contribution in [3.05, 3.63) is 71.5 Å². The number of carbonyl (C=O) groups excluding carboxylic acids is 1. The average Bonchev–Trinajstić information content (AvgIpc) is 2.70. The fourth-order valence-electron chi connectivity index (χ4n) is 2.41. The summed E-state index contributed by atoms with van der Waals surface area (Å²) in [6.45, 7) is 3.53. The maximum Gasteiger partial charge on any atom is 0.264 e. The van der Waals surface area contributed by atoms with Gasteiger partial charge in [-0.15, -0.1) is 11.8 Å². The molecule has 1 unspecified atom stereocenters. The van der Waals surface area contributed by atoms with E-state index >= 15 is 0 Å². The molecule has 1 amide bonds. The van der Waals surface area contributed by atoms with Gasteiger partial charge in [0.25, 0.3) is 10.0 Å². The van der Waals surface area contributed by atoms with Gasteiger partial charge in [0.1, 0.15) is 0 Å². The molecule has 3 aromatic rings. The number of hydrogen-bond donors (Lipinski definition) is 2. The highest BCUT2D eigenvalue weighted by Crippen LogP contribution is 2.26. The molecule has 0 radical (unpaired) electrons. The van der Waals surface area contributed by atoms with Gasteiger partial charge in [-0.25, -0.2) is 23.1 Å². The van der Waals surface area contributed by atoms with Gasteiger partial charge < -0.3 is 5.32 Å². The number of aromatic nitrogens is 2. The van der Waals surface area contributed by atoms with Crippen LogP contribution in [0.25, 0.3) is 0 Å². The van der Waals surface area contributed by atoms with Crippen molar-refractivity contribution >= 4 is 50.9 Å². The molecule has 0 fully saturated rings. The van der Waals surface area contributed by atoms with E-state index in [1.54, 1.807) is 32.0 Å². The molecule has 10 heteroatoms. The molecule has 1 heterocycles. The molecule has 0 saturated heterocycles. The highest BCUT2D eigenvalue weighted by atomic mass is 35.5. The Kier molecular flexibility index (Phi) is 6.96. The van der Waals surface area contributed by atoms with Crippen LogP contribution < -0.4 is 10.0 Å². The number of nitrogens with zero attached hydrogens (tertiary/aromatic N) is 2. The molecule has 2 N–H and O–H groups in total. The Morgan fingerprint density at radius 3 is 2.37 bits per heavy atom. The Morgan fingerprint density at radius 1 is 1.07 bits per heavy atom. The molecule has 0 aliphatic heterocycles. The van der Waals surface area contributed by atoms with E-state index in [1.165, 1.54) is 42.2 Å². The minimum Gasteiger partial charge on any atom is -0.325 e. The number of hydrogen-bond acceptors (Lipinski definition) is 6. The maximum absolute atomic E-state index is 12.5. The van der Waals surface area contributed by atoms with Gasteiger partial charge in [0.15, 0.2) is 0 Å². The number of halogens is 1. The normalized spacial score (nSPS) is 12.2. The molecular formula is C20H19ClN4O3S2. The molecule has 0 spiro atoms. The largest absolute Gasteiger partial charge is 0.325 e. The Balaban J connectivity index is 1.63. The Labute approximate surface area is 184 Å². The molecule has 7 nitrogen and oxygen atoms in total. The average molecular weight is 463 g/mol. The number of aryl methyl sites for hydroxylation is 1. The zero-order chi connectivity index (χ0) is 21.7. The summed E-state index contributed by atoms with van der Waals surface area (Å²) in [5, 5.41) is 3.07. The number of thioether (sulfide) groups is 1. The fraction of sp³-hybridized carbons (Fsp3) is 0.150. The van der Waals surface area contributed by atoms with Crippen LogP contribution >= 0.6 is 23.4 Å². The van der Waals surface area contributed by atoms with Crippen LogP contribution in [-0.2, 0) is 14.8 Å². The van der Waals surface area contributed by atoms with E-state index in [1.807, 2.05) is 12.1 Å². The standard InChI is InChI=1S/C20H19ClN4O3S2/c1-13-11-12-22-20(23-13)25-30(27,28)18-9-5-16(6-10-18)24-19(26)14(2)29-17-7-3-15(21)4-8-17/h3-12,14H,1-2H3,(H,24,26)(H,22,23,25). The third kappa shape index (κ3) is 5.94. The van der Waals surface area contributed by atoms with E-state index in [0.717, 1.165) is 4.90 Å². The van der Waals surface area contributed by atoms with Crippen molar-refractivity contribution in [2.24, 2.45) is 0 Å². The van der Waals surface area contributed by atoms with Crippen LogP contribution in [0.3, 0.4) is 0 Å². The molecule has 0 aliphatic carbocycles. The highest BCUT2D eigenvalue weighted by Gasteiger charge is 2.17. The summed E-state index contributed by atoms with van der Waals surface area (Å²) in [5.41, 5.74) is 1.14. The van der Waals surface area contributed by atoms with Crippen molar-refractivity contribution in [3.63, 3.8) is 0 Å². The molecule has 0 aliphatic rings. The second-order valence-corrected chi connectivity index (χ2v) is 9.89. The van der Waals surface area contributed by atoms with Gasteiger partial charge in [-0.2, -0.15) is 0 Å². The van der Waals surface area contributed by atoms with E-state index < -0.39 is 10.0 Å². The molecule has 0 bridgehead atoms. The number of anilines is 2. The smallest absolute Gasteiger partial charge is 0.264 e. The summed E-state index contributed by atoms with van der Waals surface area (Å²) in [4.78, 5) is 21.3. The number of benzene rings is 2. The van der Waals surface area contributed by atoms with Gasteiger partial charge >= 0.3 is 0 Å². The Hall–Kier alpha value is -2.62. The SMILES string of the molecule is Cc1ccnc(NS(=O)(=O)c2ccc(NC(=O)C(C)Sc3ccc(Cl)cc3)cc2)n1. The zero-order valence-electron chi connectivity index (χ0n) is 16.2. The van der Waals surface area contributed by atoms with Crippen LogP contribution in [0.15, 0.2) is 70.6 Å². The summed E-state index contributed by atoms with van der Waals surface area (Å²) >= 11 is 7.27. The highest BCUT2D eigenvalue weighted by molar-refractivity contribution is 8.00. The lowest BCUT2D eigenvalue weighted by Crippen LogP contribution is -2.22. The van der Waals surface area contributed by atoms with E-state index in [2.05, 4.69) is 20.0 Å². The zero-order valence-corrected chi connectivity index (χ0v) is 18.6. The van der Waals surface area contributed by atoms with E-state index in [9.17, 15) is 13.2 Å². The summed E-state index contributed by atoms with van der Waals surface area (Å²) < 4.78 is 27.3. The van der Waals surface area contributed by atoms with Crippen LogP contribution in [0.2, 0.25) is 5.02 Å². The fourth-order valence-corrected chi connectivity index (χ4v) is 4.35. The summed E-state index contributed by atoms with van der Waals surface area (Å²) in [7, 11) is -3.84. The minimum atomic E-state index is -3.84. The summed E-state index contributed by atoms with van der Waals surface area (Å²) in [6.07, 6.45) is 1.47. The number of sulfonamides is 1. The van der Waals surface area contributed by atoms with Crippen LogP contribution in [0.1, 0.15) is 12.6 Å². The Morgan fingerprint density at radius 2 is 1.73 bits per heavy atom. The molecule has 30 heavy (non-hydrogen) atoms. The lowest BCUT2D eigenvalue weighted by Gasteiger charge is -2.13. The molecule has 2 aromatic carbocycles. The van der Waals surface area contributed by atoms with Crippen LogP contribution in [0.4, 0.5) is 11.6 Å². The quantitative estimate of drug-likeness (QED) is 0.506. The molecular weight excluding hydrogens is 444 g/mol. The van der Waals surface area contributed by atoms with Gasteiger partial charge in [0.05, 0.1) is 10.1 Å². The third-order valence-electron chi connectivity index (χ3n) is 3.95. The van der Waals surface area contributed by atoms with Crippen molar-refractivity contribution in [2.45, 2.75) is 28.9 Å². The first-order valence-electron chi connectivity index (χ1n) is 8.88. The van der Waals surface area contributed by atoms with Gasteiger partial charge in [-0.05, 0) is 68.4 Å².